The first kappa shape index (κ1) is 16.6. The lowest BCUT2D eigenvalue weighted by molar-refractivity contribution is 0.117. The van der Waals surface area contributed by atoms with Crippen LogP contribution in [0.2, 0.25) is 0 Å². The molecule has 1 heterocycles. The molecule has 2 N–H and O–H groups in total. The van der Waals surface area contributed by atoms with E-state index in [0.717, 1.165) is 43.3 Å². The van der Waals surface area contributed by atoms with Gasteiger partial charge in [0, 0.05) is 13.2 Å². The van der Waals surface area contributed by atoms with Crippen molar-refractivity contribution >= 4 is 5.96 Å². The number of benzene rings is 1. The summed E-state index contributed by atoms with van der Waals surface area (Å²) in [5.74, 6) is 1.76. The van der Waals surface area contributed by atoms with E-state index in [4.69, 9.17) is 9.47 Å². The maximum atomic E-state index is 5.77. The number of para-hydroxylation sites is 1. The first-order chi connectivity index (χ1) is 10.8. The van der Waals surface area contributed by atoms with Crippen LogP contribution in [0.1, 0.15) is 25.3 Å². The summed E-state index contributed by atoms with van der Waals surface area (Å²) in [5, 5.41) is 6.54. The Bertz CT molecular complexity index is 471. The van der Waals surface area contributed by atoms with Gasteiger partial charge in [0.05, 0.1) is 19.2 Å². The van der Waals surface area contributed by atoms with E-state index >= 15 is 0 Å². The van der Waals surface area contributed by atoms with Gasteiger partial charge in [0.2, 0.25) is 0 Å². The van der Waals surface area contributed by atoms with E-state index in [-0.39, 0.29) is 6.10 Å². The number of aliphatic imine (C=N–C) groups is 1. The van der Waals surface area contributed by atoms with E-state index < -0.39 is 0 Å². The van der Waals surface area contributed by atoms with Crippen LogP contribution in [-0.4, -0.2) is 44.9 Å². The molecule has 22 heavy (non-hydrogen) atoms. The molecule has 1 aliphatic heterocycles. The Kier molecular flexibility index (Phi) is 7.03. The number of nitrogens with one attached hydrogen (secondary N) is 2. The molecule has 122 valence electrons. The molecule has 1 saturated heterocycles. The summed E-state index contributed by atoms with van der Waals surface area (Å²) in [6.45, 7) is 7.86. The van der Waals surface area contributed by atoms with E-state index in [1.54, 1.807) is 0 Å². The van der Waals surface area contributed by atoms with Gasteiger partial charge in [-0.2, -0.15) is 0 Å². The van der Waals surface area contributed by atoms with Crippen molar-refractivity contribution in [3.63, 3.8) is 0 Å². The maximum Gasteiger partial charge on any atom is 0.191 e. The van der Waals surface area contributed by atoms with Gasteiger partial charge in [-0.15, -0.1) is 0 Å². The van der Waals surface area contributed by atoms with Crippen molar-refractivity contribution in [1.82, 2.24) is 10.6 Å². The van der Waals surface area contributed by atoms with E-state index in [1.807, 2.05) is 18.2 Å². The normalized spacial score (nSPS) is 18.3. The molecule has 1 fully saturated rings. The Labute approximate surface area is 133 Å². The van der Waals surface area contributed by atoms with Gasteiger partial charge in [-0.05, 0) is 38.3 Å². The predicted molar refractivity (Wildman–Crippen MR) is 89.6 cm³/mol. The Morgan fingerprint density at radius 1 is 1.36 bits per heavy atom. The van der Waals surface area contributed by atoms with Gasteiger partial charge in [0.15, 0.2) is 5.96 Å². The number of aryl methyl sites for hydroxylation is 1. The van der Waals surface area contributed by atoms with Crippen LogP contribution >= 0.6 is 0 Å². The molecule has 1 atom stereocenters. The highest BCUT2D eigenvalue weighted by molar-refractivity contribution is 5.79. The topological polar surface area (TPSA) is 54.9 Å². The van der Waals surface area contributed by atoms with Crippen molar-refractivity contribution < 1.29 is 9.47 Å². The third-order valence-electron chi connectivity index (χ3n) is 3.57. The lowest BCUT2D eigenvalue weighted by atomic mass is 10.2. The predicted octanol–water partition coefficient (Wildman–Crippen LogP) is 2.11. The van der Waals surface area contributed by atoms with Crippen LogP contribution < -0.4 is 15.4 Å². The summed E-state index contributed by atoms with van der Waals surface area (Å²) in [4.78, 5) is 4.57. The molecule has 1 aromatic carbocycles. The fourth-order valence-electron chi connectivity index (χ4n) is 2.37. The van der Waals surface area contributed by atoms with Crippen LogP contribution in [0.15, 0.2) is 29.3 Å². The van der Waals surface area contributed by atoms with Crippen molar-refractivity contribution in [3.05, 3.63) is 29.8 Å². The van der Waals surface area contributed by atoms with E-state index in [1.165, 1.54) is 0 Å². The van der Waals surface area contributed by atoms with E-state index in [9.17, 15) is 0 Å². The highest BCUT2D eigenvalue weighted by atomic mass is 16.5. The Morgan fingerprint density at radius 2 is 2.23 bits per heavy atom. The number of rotatable bonds is 7. The van der Waals surface area contributed by atoms with Gasteiger partial charge in [-0.25, -0.2) is 0 Å². The van der Waals surface area contributed by atoms with Crippen LogP contribution in [-0.2, 0) is 4.74 Å². The summed E-state index contributed by atoms with van der Waals surface area (Å²) in [6, 6.07) is 8.05. The zero-order valence-electron chi connectivity index (χ0n) is 13.6. The zero-order valence-corrected chi connectivity index (χ0v) is 13.6. The monoisotopic (exact) mass is 305 g/mol. The summed E-state index contributed by atoms with van der Waals surface area (Å²) in [5.41, 5.74) is 1.15. The van der Waals surface area contributed by atoms with Gasteiger partial charge >= 0.3 is 0 Å². The second-order valence-corrected chi connectivity index (χ2v) is 5.40. The minimum Gasteiger partial charge on any atom is -0.491 e. The van der Waals surface area contributed by atoms with Crippen LogP contribution in [0.25, 0.3) is 0 Å². The van der Waals surface area contributed by atoms with Crippen LogP contribution in [0, 0.1) is 6.92 Å². The fourth-order valence-corrected chi connectivity index (χ4v) is 2.37. The average Bonchev–Trinajstić information content (AvgIpc) is 3.04. The van der Waals surface area contributed by atoms with Crippen molar-refractivity contribution in [2.45, 2.75) is 32.8 Å². The molecule has 5 heteroatoms. The largest absolute Gasteiger partial charge is 0.491 e. The van der Waals surface area contributed by atoms with Gasteiger partial charge in [-0.1, -0.05) is 18.2 Å². The fraction of sp³-hybridized carbons (Fsp3) is 0.588. The first-order valence-electron chi connectivity index (χ1n) is 8.12. The van der Waals surface area contributed by atoms with Crippen molar-refractivity contribution in [2.75, 3.05) is 32.8 Å². The minimum absolute atomic E-state index is 0.277. The molecule has 0 aliphatic carbocycles. The Hall–Kier alpha value is -1.75. The van der Waals surface area contributed by atoms with Crippen molar-refractivity contribution in [3.8, 4) is 5.75 Å². The molecule has 1 unspecified atom stereocenters. The van der Waals surface area contributed by atoms with Crippen molar-refractivity contribution in [2.24, 2.45) is 4.99 Å². The minimum atomic E-state index is 0.277. The summed E-state index contributed by atoms with van der Waals surface area (Å²) >= 11 is 0. The lowest BCUT2D eigenvalue weighted by Crippen LogP contribution is -2.39. The zero-order chi connectivity index (χ0) is 15.6. The highest BCUT2D eigenvalue weighted by Gasteiger charge is 2.14. The van der Waals surface area contributed by atoms with Crippen molar-refractivity contribution in [1.29, 1.82) is 0 Å². The number of guanidine groups is 1. The SMILES string of the molecule is CCNC(=NCC1CCCO1)NCCOc1ccccc1C. The second kappa shape index (κ2) is 9.30. The Balaban J connectivity index is 1.71. The Morgan fingerprint density at radius 3 is 2.95 bits per heavy atom. The van der Waals surface area contributed by atoms with Crippen LogP contribution in [0.3, 0.4) is 0 Å². The van der Waals surface area contributed by atoms with E-state index in [2.05, 4.69) is 35.5 Å². The van der Waals surface area contributed by atoms with Crippen LogP contribution in [0.5, 0.6) is 5.75 Å². The number of ether oxygens (including phenoxy) is 2. The van der Waals surface area contributed by atoms with Gasteiger partial charge in [0.1, 0.15) is 12.4 Å². The molecule has 2 rings (SSSR count). The molecule has 1 aromatic rings. The molecule has 0 saturated carbocycles. The number of nitrogens with zero attached hydrogens (tertiary/aromatic N) is 1. The molecule has 0 radical (unpaired) electrons. The van der Waals surface area contributed by atoms with Gasteiger partial charge in [-0.3, -0.25) is 4.99 Å². The number of hydrogen-bond acceptors (Lipinski definition) is 3. The second-order valence-electron chi connectivity index (χ2n) is 5.40. The summed E-state index contributed by atoms with van der Waals surface area (Å²) in [6.07, 6.45) is 2.53. The molecule has 5 nitrogen and oxygen atoms in total. The highest BCUT2D eigenvalue weighted by Crippen LogP contribution is 2.15. The molecular formula is C17H27N3O2. The van der Waals surface area contributed by atoms with E-state index in [0.29, 0.717) is 19.7 Å². The molecule has 0 spiro atoms. The maximum absolute atomic E-state index is 5.77. The van der Waals surface area contributed by atoms with Crippen LogP contribution in [0.4, 0.5) is 0 Å². The van der Waals surface area contributed by atoms with Gasteiger partial charge < -0.3 is 20.1 Å². The van der Waals surface area contributed by atoms with Gasteiger partial charge in [0.25, 0.3) is 0 Å². The molecular weight excluding hydrogens is 278 g/mol. The molecule has 0 amide bonds. The third kappa shape index (κ3) is 5.56. The quantitative estimate of drug-likeness (QED) is 0.460. The molecule has 1 aliphatic rings. The smallest absolute Gasteiger partial charge is 0.191 e. The lowest BCUT2D eigenvalue weighted by Gasteiger charge is -2.14. The number of hydrogen-bond donors (Lipinski definition) is 2. The molecule has 0 aromatic heterocycles. The third-order valence-corrected chi connectivity index (χ3v) is 3.57. The average molecular weight is 305 g/mol. The summed E-state index contributed by atoms with van der Waals surface area (Å²) in [7, 11) is 0. The standard InChI is InChI=1S/C17H27N3O2/c1-3-18-17(20-13-15-8-6-11-21-15)19-10-12-22-16-9-5-4-7-14(16)2/h4-5,7,9,15H,3,6,8,10-13H2,1-2H3,(H2,18,19,20). The first-order valence-corrected chi connectivity index (χ1v) is 8.12. The molecule has 0 bridgehead atoms. The summed E-state index contributed by atoms with van der Waals surface area (Å²) < 4.78 is 11.4.